The number of halogens is 1. The number of nitrogens with zero attached hydrogens (tertiary/aromatic N) is 2. The lowest BCUT2D eigenvalue weighted by Crippen LogP contribution is -2.35. The lowest BCUT2D eigenvalue weighted by molar-refractivity contribution is 0.449. The van der Waals surface area contributed by atoms with Gasteiger partial charge < -0.3 is 10.2 Å². The average molecular weight is 238 g/mol. The van der Waals surface area contributed by atoms with Gasteiger partial charge in [-0.05, 0) is 37.9 Å². The zero-order valence-electron chi connectivity index (χ0n) is 9.41. The maximum Gasteiger partial charge on any atom is 0.132 e. The van der Waals surface area contributed by atoms with E-state index in [4.69, 9.17) is 11.6 Å². The summed E-state index contributed by atoms with van der Waals surface area (Å²) in [4.78, 5) is 6.71. The average Bonchev–Trinajstić information content (AvgIpc) is 2.58. The molecule has 16 heavy (non-hydrogen) atoms. The summed E-state index contributed by atoms with van der Waals surface area (Å²) in [5.41, 5.74) is 2.28. The molecule has 2 aliphatic heterocycles. The summed E-state index contributed by atoms with van der Waals surface area (Å²) in [5, 5.41) is 4.16. The van der Waals surface area contributed by atoms with Crippen molar-refractivity contribution in [1.29, 1.82) is 0 Å². The summed E-state index contributed by atoms with van der Waals surface area (Å²) < 4.78 is 0. The molecule has 0 spiro atoms. The number of rotatable bonds is 1. The van der Waals surface area contributed by atoms with Gasteiger partial charge in [-0.3, -0.25) is 0 Å². The molecule has 86 valence electrons. The van der Waals surface area contributed by atoms with Crippen LogP contribution in [0, 0.1) is 6.92 Å². The molecule has 2 bridgehead atoms. The van der Waals surface area contributed by atoms with Gasteiger partial charge in [0.05, 0.1) is 11.9 Å². The maximum absolute atomic E-state index is 5.96. The highest BCUT2D eigenvalue weighted by Crippen LogP contribution is 2.30. The molecule has 2 atom stereocenters. The predicted molar refractivity (Wildman–Crippen MR) is 66.1 cm³/mol. The molecule has 2 fully saturated rings. The predicted octanol–water partition coefficient (Wildman–Crippen LogP) is 1.98. The monoisotopic (exact) mass is 237 g/mol. The number of aromatic nitrogens is 1. The Balaban J connectivity index is 1.89. The number of hydrogen-bond acceptors (Lipinski definition) is 3. The van der Waals surface area contributed by atoms with Gasteiger partial charge in [-0.15, -0.1) is 0 Å². The first-order valence-electron chi connectivity index (χ1n) is 5.86. The van der Waals surface area contributed by atoms with Gasteiger partial charge in [0.2, 0.25) is 0 Å². The summed E-state index contributed by atoms with van der Waals surface area (Å²) in [6.07, 6.45) is 4.40. The van der Waals surface area contributed by atoms with E-state index >= 15 is 0 Å². The van der Waals surface area contributed by atoms with Crippen molar-refractivity contribution in [1.82, 2.24) is 10.3 Å². The third kappa shape index (κ3) is 1.68. The maximum atomic E-state index is 5.96. The van der Waals surface area contributed by atoms with Crippen molar-refractivity contribution in [2.75, 3.05) is 18.0 Å². The fourth-order valence-corrected chi connectivity index (χ4v) is 2.91. The third-order valence-electron chi connectivity index (χ3n) is 3.66. The summed E-state index contributed by atoms with van der Waals surface area (Å²) in [6.45, 7) is 4.26. The number of pyridine rings is 1. The highest BCUT2D eigenvalue weighted by molar-refractivity contribution is 6.30. The number of nitrogens with one attached hydrogen (secondary N) is 1. The van der Waals surface area contributed by atoms with Crippen LogP contribution in [0.15, 0.2) is 12.3 Å². The van der Waals surface area contributed by atoms with E-state index in [9.17, 15) is 0 Å². The van der Waals surface area contributed by atoms with Crippen LogP contribution in [0.25, 0.3) is 0 Å². The van der Waals surface area contributed by atoms with Crippen LogP contribution in [-0.2, 0) is 0 Å². The highest BCUT2D eigenvalue weighted by Gasteiger charge is 2.35. The van der Waals surface area contributed by atoms with Crippen LogP contribution in [0.5, 0.6) is 0 Å². The van der Waals surface area contributed by atoms with Gasteiger partial charge >= 0.3 is 0 Å². The molecule has 3 rings (SSSR count). The van der Waals surface area contributed by atoms with Gasteiger partial charge in [0.1, 0.15) is 5.15 Å². The molecule has 0 aromatic carbocycles. The fourth-order valence-electron chi connectivity index (χ4n) is 2.81. The number of anilines is 1. The Bertz CT molecular complexity index is 407. The molecular formula is C12H16ClN3. The van der Waals surface area contributed by atoms with Gasteiger partial charge in [-0.25, -0.2) is 4.98 Å². The van der Waals surface area contributed by atoms with E-state index in [1.54, 1.807) is 0 Å². The van der Waals surface area contributed by atoms with Gasteiger partial charge in [-0.2, -0.15) is 0 Å². The van der Waals surface area contributed by atoms with E-state index in [1.807, 2.05) is 13.1 Å². The van der Waals surface area contributed by atoms with Crippen molar-refractivity contribution in [3.05, 3.63) is 23.0 Å². The highest BCUT2D eigenvalue weighted by atomic mass is 35.5. The van der Waals surface area contributed by atoms with Gasteiger partial charge in [-0.1, -0.05) is 11.6 Å². The lowest BCUT2D eigenvalue weighted by Gasteiger charge is -2.26. The molecular weight excluding hydrogens is 222 g/mol. The molecule has 4 heteroatoms. The van der Waals surface area contributed by atoms with Crippen LogP contribution in [0.4, 0.5) is 5.69 Å². The molecule has 1 aromatic rings. The first kappa shape index (κ1) is 10.4. The Morgan fingerprint density at radius 1 is 1.56 bits per heavy atom. The first-order valence-corrected chi connectivity index (χ1v) is 6.24. The standard InChI is InChI=1S/C12H16ClN3/c1-8-4-11(6-15-12(8)13)16-7-9-5-10(16)2-3-14-9/h4,6,9-10,14H,2-3,5,7H2,1H3/t9-,10+/m1/s1. The van der Waals surface area contributed by atoms with Crippen molar-refractivity contribution in [2.45, 2.75) is 31.8 Å². The minimum absolute atomic E-state index is 0.615. The van der Waals surface area contributed by atoms with Crippen molar-refractivity contribution in [3.63, 3.8) is 0 Å². The van der Waals surface area contributed by atoms with Crippen molar-refractivity contribution >= 4 is 17.3 Å². The Kier molecular flexibility index (Phi) is 2.52. The van der Waals surface area contributed by atoms with Crippen molar-refractivity contribution in [2.24, 2.45) is 0 Å². The molecule has 2 aliphatic rings. The Labute approximate surface area is 101 Å². The summed E-state index contributed by atoms with van der Waals surface area (Å²) in [5.74, 6) is 0. The van der Waals surface area contributed by atoms with Crippen LogP contribution >= 0.6 is 11.6 Å². The second-order valence-corrected chi connectivity index (χ2v) is 5.14. The van der Waals surface area contributed by atoms with Gasteiger partial charge in [0, 0.05) is 18.6 Å². The van der Waals surface area contributed by atoms with E-state index in [2.05, 4.69) is 21.3 Å². The summed E-state index contributed by atoms with van der Waals surface area (Å²) in [7, 11) is 0. The third-order valence-corrected chi connectivity index (χ3v) is 4.05. The summed E-state index contributed by atoms with van der Waals surface area (Å²) in [6, 6.07) is 3.50. The Morgan fingerprint density at radius 2 is 2.44 bits per heavy atom. The molecule has 1 aromatic heterocycles. The SMILES string of the molecule is Cc1cc(N2C[C@H]3C[C@@H]2CCN3)cnc1Cl. The molecule has 3 heterocycles. The molecule has 1 N–H and O–H groups in total. The molecule has 0 aliphatic carbocycles. The summed E-state index contributed by atoms with van der Waals surface area (Å²) >= 11 is 5.96. The minimum Gasteiger partial charge on any atom is -0.366 e. The first-order chi connectivity index (χ1) is 7.74. The second-order valence-electron chi connectivity index (χ2n) is 4.78. The van der Waals surface area contributed by atoms with Crippen LogP contribution in [0.1, 0.15) is 18.4 Å². The van der Waals surface area contributed by atoms with E-state index in [-0.39, 0.29) is 0 Å². The molecule has 3 nitrogen and oxygen atoms in total. The van der Waals surface area contributed by atoms with E-state index in [1.165, 1.54) is 18.5 Å². The molecule has 0 saturated carbocycles. The van der Waals surface area contributed by atoms with Gasteiger partial charge in [0.25, 0.3) is 0 Å². The molecule has 0 amide bonds. The smallest absolute Gasteiger partial charge is 0.132 e. The number of fused-ring (bicyclic) bond motifs is 2. The lowest BCUT2D eigenvalue weighted by atomic mass is 10.1. The quantitative estimate of drug-likeness (QED) is 0.758. The number of aryl methyl sites for hydroxylation is 1. The van der Waals surface area contributed by atoms with E-state index in [0.29, 0.717) is 17.2 Å². The van der Waals surface area contributed by atoms with E-state index < -0.39 is 0 Å². The van der Waals surface area contributed by atoms with Crippen molar-refractivity contribution < 1.29 is 0 Å². The van der Waals surface area contributed by atoms with E-state index in [0.717, 1.165) is 18.7 Å². The second kappa shape index (κ2) is 3.90. The zero-order valence-corrected chi connectivity index (χ0v) is 10.2. The minimum atomic E-state index is 0.615. The van der Waals surface area contributed by atoms with Crippen LogP contribution in [0.2, 0.25) is 5.15 Å². The molecule has 2 saturated heterocycles. The number of piperidine rings is 1. The largest absolute Gasteiger partial charge is 0.366 e. The number of hydrogen-bond donors (Lipinski definition) is 1. The van der Waals surface area contributed by atoms with Gasteiger partial charge in [0.15, 0.2) is 0 Å². The van der Waals surface area contributed by atoms with Crippen LogP contribution < -0.4 is 10.2 Å². The Morgan fingerprint density at radius 3 is 3.19 bits per heavy atom. The fraction of sp³-hybridized carbons (Fsp3) is 0.583. The zero-order chi connectivity index (χ0) is 11.1. The van der Waals surface area contributed by atoms with Crippen LogP contribution in [0.3, 0.4) is 0 Å². The van der Waals surface area contributed by atoms with Crippen LogP contribution in [-0.4, -0.2) is 30.2 Å². The normalized spacial score (nSPS) is 28.5. The molecule has 0 radical (unpaired) electrons. The topological polar surface area (TPSA) is 28.2 Å². The molecule has 0 unspecified atom stereocenters. The van der Waals surface area contributed by atoms with Crippen molar-refractivity contribution in [3.8, 4) is 0 Å². The Hall–Kier alpha value is -0.800.